The molecule has 1 heterocycles. The van der Waals surface area contributed by atoms with Crippen LogP contribution in [0, 0.1) is 0 Å². The maximum absolute atomic E-state index is 11.6. The van der Waals surface area contributed by atoms with Crippen molar-refractivity contribution in [3.63, 3.8) is 0 Å². The summed E-state index contributed by atoms with van der Waals surface area (Å²) in [5, 5.41) is 3.24. The fourth-order valence-electron chi connectivity index (χ4n) is 1.64. The standard InChI is InChI=1S/C9H9Br2NO/c10-5-3-6-8(13)1-2-12-9(6)7(11)4-5/h4-5,12H,1-3H2. The summed E-state index contributed by atoms with van der Waals surface area (Å²) < 4.78 is 1.00. The molecule has 1 aliphatic heterocycles. The lowest BCUT2D eigenvalue weighted by molar-refractivity contribution is -0.116. The Morgan fingerprint density at radius 3 is 3.08 bits per heavy atom. The highest BCUT2D eigenvalue weighted by atomic mass is 79.9. The molecule has 13 heavy (non-hydrogen) atoms. The van der Waals surface area contributed by atoms with Gasteiger partial charge in [0.1, 0.15) is 0 Å². The molecule has 0 amide bonds. The van der Waals surface area contributed by atoms with E-state index in [0.29, 0.717) is 6.42 Å². The highest BCUT2D eigenvalue weighted by Crippen LogP contribution is 2.33. The third-order valence-corrected chi connectivity index (χ3v) is 3.51. The number of carbonyl (C=O) groups is 1. The van der Waals surface area contributed by atoms with Crippen molar-refractivity contribution in [1.29, 1.82) is 0 Å². The zero-order valence-electron chi connectivity index (χ0n) is 6.94. The van der Waals surface area contributed by atoms with Crippen LogP contribution in [0.1, 0.15) is 12.8 Å². The van der Waals surface area contributed by atoms with Gasteiger partial charge in [-0.2, -0.15) is 0 Å². The van der Waals surface area contributed by atoms with Crippen LogP contribution in [0.3, 0.4) is 0 Å². The van der Waals surface area contributed by atoms with E-state index in [0.717, 1.165) is 28.7 Å². The smallest absolute Gasteiger partial charge is 0.162 e. The number of rotatable bonds is 0. The summed E-state index contributed by atoms with van der Waals surface area (Å²) >= 11 is 6.95. The Kier molecular flexibility index (Phi) is 2.60. The van der Waals surface area contributed by atoms with E-state index in [2.05, 4.69) is 43.3 Å². The number of ketones is 1. The number of hydrogen-bond acceptors (Lipinski definition) is 2. The zero-order valence-corrected chi connectivity index (χ0v) is 10.1. The Balaban J connectivity index is 2.40. The Labute approximate surface area is 93.7 Å². The van der Waals surface area contributed by atoms with Crippen molar-refractivity contribution >= 4 is 37.6 Å². The molecule has 1 N–H and O–H groups in total. The van der Waals surface area contributed by atoms with Gasteiger partial charge in [-0.15, -0.1) is 0 Å². The summed E-state index contributed by atoms with van der Waals surface area (Å²) in [4.78, 5) is 11.8. The molecule has 4 heteroatoms. The lowest BCUT2D eigenvalue weighted by atomic mass is 9.94. The molecule has 0 bridgehead atoms. The second-order valence-electron chi connectivity index (χ2n) is 3.19. The average molecular weight is 307 g/mol. The molecule has 0 radical (unpaired) electrons. The van der Waals surface area contributed by atoms with Crippen LogP contribution in [0.5, 0.6) is 0 Å². The summed E-state index contributed by atoms with van der Waals surface area (Å²) in [5.41, 5.74) is 1.93. The summed E-state index contributed by atoms with van der Waals surface area (Å²) in [6.07, 6.45) is 3.50. The first-order chi connectivity index (χ1) is 6.18. The molecule has 1 unspecified atom stereocenters. The van der Waals surface area contributed by atoms with Crippen molar-refractivity contribution in [3.05, 3.63) is 21.8 Å². The lowest BCUT2D eigenvalue weighted by Crippen LogP contribution is -2.30. The maximum atomic E-state index is 11.6. The Morgan fingerprint density at radius 2 is 2.31 bits per heavy atom. The van der Waals surface area contributed by atoms with Crippen LogP contribution in [0.15, 0.2) is 21.8 Å². The fraction of sp³-hybridized carbons (Fsp3) is 0.444. The predicted molar refractivity (Wildman–Crippen MR) is 59.0 cm³/mol. The first-order valence-electron chi connectivity index (χ1n) is 4.20. The second-order valence-corrected chi connectivity index (χ2v) is 5.22. The second kappa shape index (κ2) is 3.58. The molecule has 0 saturated heterocycles. The van der Waals surface area contributed by atoms with E-state index in [4.69, 9.17) is 0 Å². The molecule has 2 aliphatic rings. The van der Waals surface area contributed by atoms with Gasteiger partial charge in [-0.3, -0.25) is 4.79 Å². The SMILES string of the molecule is O=C1CCNC2=C1CC(Br)C=C2Br. The molecule has 0 saturated carbocycles. The molecule has 0 aromatic rings. The number of Topliss-reactive ketones (excluding diaryl/α,β-unsaturated/α-hetero) is 1. The van der Waals surface area contributed by atoms with Crippen LogP contribution in [-0.4, -0.2) is 17.2 Å². The highest BCUT2D eigenvalue weighted by Gasteiger charge is 2.26. The molecule has 1 atom stereocenters. The van der Waals surface area contributed by atoms with Crippen molar-refractivity contribution in [2.24, 2.45) is 0 Å². The summed E-state index contributed by atoms with van der Waals surface area (Å²) in [7, 11) is 0. The first kappa shape index (κ1) is 9.46. The predicted octanol–water partition coefficient (Wildman–Crippen LogP) is 2.25. The molecule has 70 valence electrons. The van der Waals surface area contributed by atoms with Gasteiger partial charge in [0.15, 0.2) is 5.78 Å². The van der Waals surface area contributed by atoms with Gasteiger partial charge in [-0.25, -0.2) is 0 Å². The third-order valence-electron chi connectivity index (χ3n) is 2.26. The van der Waals surface area contributed by atoms with Gasteiger partial charge in [0.25, 0.3) is 0 Å². The van der Waals surface area contributed by atoms with Crippen molar-refractivity contribution in [2.75, 3.05) is 6.54 Å². The van der Waals surface area contributed by atoms with Gasteiger partial charge in [0, 0.05) is 27.8 Å². The number of hydrogen-bond donors (Lipinski definition) is 1. The monoisotopic (exact) mass is 305 g/mol. The Bertz CT molecular complexity index is 320. The molecular formula is C9H9Br2NO. The topological polar surface area (TPSA) is 29.1 Å². The number of carbonyl (C=O) groups excluding carboxylic acids is 1. The average Bonchev–Trinajstić information content (AvgIpc) is 2.07. The van der Waals surface area contributed by atoms with E-state index in [1.165, 1.54) is 0 Å². The van der Waals surface area contributed by atoms with Gasteiger partial charge in [-0.1, -0.05) is 22.0 Å². The molecule has 0 spiro atoms. The van der Waals surface area contributed by atoms with E-state index in [-0.39, 0.29) is 10.6 Å². The Morgan fingerprint density at radius 1 is 1.54 bits per heavy atom. The van der Waals surface area contributed by atoms with Crippen LogP contribution in [-0.2, 0) is 4.79 Å². The molecule has 2 rings (SSSR count). The van der Waals surface area contributed by atoms with Gasteiger partial charge >= 0.3 is 0 Å². The van der Waals surface area contributed by atoms with E-state index in [1.54, 1.807) is 0 Å². The minimum atomic E-state index is 0.281. The summed E-state index contributed by atoms with van der Waals surface area (Å²) in [5.74, 6) is 0.281. The van der Waals surface area contributed by atoms with Crippen LogP contribution in [0.4, 0.5) is 0 Å². The minimum Gasteiger partial charge on any atom is -0.383 e. The third kappa shape index (κ3) is 1.74. The summed E-state index contributed by atoms with van der Waals surface area (Å²) in [6, 6.07) is 0. The number of alkyl halides is 1. The lowest BCUT2D eigenvalue weighted by Gasteiger charge is -2.25. The number of nitrogens with one attached hydrogen (secondary N) is 1. The summed E-state index contributed by atoms with van der Waals surface area (Å²) in [6.45, 7) is 0.757. The number of halogens is 2. The molecular weight excluding hydrogens is 298 g/mol. The van der Waals surface area contributed by atoms with E-state index < -0.39 is 0 Å². The quantitative estimate of drug-likeness (QED) is 0.696. The molecule has 0 aromatic carbocycles. The van der Waals surface area contributed by atoms with E-state index in [1.807, 2.05) is 0 Å². The van der Waals surface area contributed by atoms with Crippen molar-refractivity contribution in [2.45, 2.75) is 17.7 Å². The highest BCUT2D eigenvalue weighted by molar-refractivity contribution is 9.12. The molecule has 1 aliphatic carbocycles. The fourth-order valence-corrected chi connectivity index (χ4v) is 3.28. The first-order valence-corrected chi connectivity index (χ1v) is 5.91. The van der Waals surface area contributed by atoms with Crippen molar-refractivity contribution in [1.82, 2.24) is 5.32 Å². The van der Waals surface area contributed by atoms with Crippen molar-refractivity contribution in [3.8, 4) is 0 Å². The van der Waals surface area contributed by atoms with Crippen LogP contribution in [0.25, 0.3) is 0 Å². The minimum absolute atomic E-state index is 0.281. The van der Waals surface area contributed by atoms with Crippen LogP contribution < -0.4 is 5.32 Å². The maximum Gasteiger partial charge on any atom is 0.162 e. The van der Waals surface area contributed by atoms with E-state index >= 15 is 0 Å². The van der Waals surface area contributed by atoms with Gasteiger partial charge < -0.3 is 5.32 Å². The molecule has 0 aromatic heterocycles. The largest absolute Gasteiger partial charge is 0.383 e. The number of allylic oxidation sites excluding steroid dienone is 3. The van der Waals surface area contributed by atoms with Crippen LogP contribution >= 0.6 is 31.9 Å². The van der Waals surface area contributed by atoms with Gasteiger partial charge in [-0.05, 0) is 22.4 Å². The zero-order chi connectivity index (χ0) is 9.42. The Hall–Kier alpha value is -0.0900. The van der Waals surface area contributed by atoms with Crippen molar-refractivity contribution < 1.29 is 4.79 Å². The van der Waals surface area contributed by atoms with E-state index in [9.17, 15) is 4.79 Å². The van der Waals surface area contributed by atoms with Gasteiger partial charge in [0.2, 0.25) is 0 Å². The molecule has 0 fully saturated rings. The van der Waals surface area contributed by atoms with Crippen LogP contribution in [0.2, 0.25) is 0 Å². The van der Waals surface area contributed by atoms with Gasteiger partial charge in [0.05, 0.1) is 5.70 Å². The normalized spacial score (nSPS) is 28.0. The molecule has 2 nitrogen and oxygen atoms in total.